The van der Waals surface area contributed by atoms with Gasteiger partial charge in [0.2, 0.25) is 5.91 Å². The molecular formula is C28H32N4O3. The maximum atomic E-state index is 12.2. The molecule has 1 amide bonds. The summed E-state index contributed by atoms with van der Waals surface area (Å²) in [6, 6.07) is 16.7. The Labute approximate surface area is 205 Å². The molecule has 0 saturated carbocycles. The number of ether oxygens (including phenoxy) is 2. The van der Waals surface area contributed by atoms with Gasteiger partial charge in [-0.2, -0.15) is 0 Å². The van der Waals surface area contributed by atoms with E-state index >= 15 is 0 Å². The maximum Gasteiger partial charge on any atom is 0.219 e. The third-order valence-electron chi connectivity index (χ3n) is 6.98. The lowest BCUT2D eigenvalue weighted by molar-refractivity contribution is -0.128. The van der Waals surface area contributed by atoms with Gasteiger partial charge in [0, 0.05) is 56.0 Å². The molecule has 182 valence electrons. The van der Waals surface area contributed by atoms with Gasteiger partial charge in [0.25, 0.3) is 0 Å². The van der Waals surface area contributed by atoms with E-state index in [1.807, 2.05) is 27.8 Å². The SMILES string of the molecule is COc1ccc(-c2ccc3ccn(C(N)=C4CN(C(C)=O)CCC4=NC4CCOCC4)c3c2)cc1. The Hall–Kier alpha value is -3.58. The van der Waals surface area contributed by atoms with Crippen LogP contribution in [-0.2, 0) is 9.53 Å². The number of aliphatic imine (C=N–C) groups is 1. The first-order valence-corrected chi connectivity index (χ1v) is 12.2. The first-order valence-electron chi connectivity index (χ1n) is 12.2. The van der Waals surface area contributed by atoms with Gasteiger partial charge in [-0.25, -0.2) is 0 Å². The average molecular weight is 473 g/mol. The molecule has 5 rings (SSSR count). The van der Waals surface area contributed by atoms with Crippen molar-refractivity contribution in [2.24, 2.45) is 10.7 Å². The van der Waals surface area contributed by atoms with Crippen molar-refractivity contribution < 1.29 is 14.3 Å². The molecule has 0 aliphatic carbocycles. The number of methoxy groups -OCH3 is 1. The highest BCUT2D eigenvalue weighted by Gasteiger charge is 2.26. The van der Waals surface area contributed by atoms with E-state index in [4.69, 9.17) is 20.2 Å². The number of piperidine rings is 1. The molecule has 35 heavy (non-hydrogen) atoms. The quantitative estimate of drug-likeness (QED) is 0.613. The summed E-state index contributed by atoms with van der Waals surface area (Å²) in [6.45, 7) is 4.24. The number of fused-ring (bicyclic) bond motifs is 1. The normalized spacial score (nSPS) is 19.8. The van der Waals surface area contributed by atoms with Crippen molar-refractivity contribution in [3.8, 4) is 16.9 Å². The molecule has 0 spiro atoms. The molecule has 0 atom stereocenters. The molecule has 2 aromatic carbocycles. The first kappa shape index (κ1) is 23.2. The summed E-state index contributed by atoms with van der Waals surface area (Å²) in [5.41, 5.74) is 12.0. The first-order chi connectivity index (χ1) is 17.0. The number of hydrogen-bond donors (Lipinski definition) is 1. The van der Waals surface area contributed by atoms with Crippen LogP contribution in [0.3, 0.4) is 0 Å². The van der Waals surface area contributed by atoms with Gasteiger partial charge in [-0.15, -0.1) is 0 Å². The summed E-state index contributed by atoms with van der Waals surface area (Å²) >= 11 is 0. The third kappa shape index (κ3) is 4.82. The lowest BCUT2D eigenvalue weighted by Gasteiger charge is -2.31. The molecule has 3 heterocycles. The van der Waals surface area contributed by atoms with Crippen LogP contribution >= 0.6 is 0 Å². The summed E-state index contributed by atoms with van der Waals surface area (Å²) in [5, 5.41) is 1.10. The average Bonchev–Trinajstić information content (AvgIpc) is 3.32. The molecule has 1 aromatic heterocycles. The van der Waals surface area contributed by atoms with Crippen molar-refractivity contribution in [3.05, 3.63) is 60.3 Å². The lowest BCUT2D eigenvalue weighted by Crippen LogP contribution is -2.40. The molecule has 7 heteroatoms. The van der Waals surface area contributed by atoms with Gasteiger partial charge >= 0.3 is 0 Å². The highest BCUT2D eigenvalue weighted by atomic mass is 16.5. The Morgan fingerprint density at radius 3 is 2.54 bits per heavy atom. The minimum Gasteiger partial charge on any atom is -0.497 e. The molecule has 0 radical (unpaired) electrons. The molecule has 0 unspecified atom stereocenters. The number of aromatic nitrogens is 1. The number of likely N-dealkylation sites (tertiary alicyclic amines) is 1. The van der Waals surface area contributed by atoms with Crippen LogP contribution in [-0.4, -0.2) is 60.5 Å². The molecule has 2 saturated heterocycles. The number of nitrogens with two attached hydrogens (primary N) is 1. The fraction of sp³-hybridized carbons (Fsp3) is 0.357. The molecule has 2 N–H and O–H groups in total. The standard InChI is InChI=1S/C28H32N4O3/c1-19(33)31-13-10-26(30-23-11-15-35-16-12-23)25(18-31)28(29)32-14-9-21-3-4-22(17-27(21)32)20-5-7-24(34-2)8-6-20/h3-9,14,17,23H,10-13,15-16,18,29H2,1-2H3. The second-order valence-electron chi connectivity index (χ2n) is 9.16. The predicted molar refractivity (Wildman–Crippen MR) is 139 cm³/mol. The minimum atomic E-state index is 0.0552. The van der Waals surface area contributed by atoms with Crippen LogP contribution in [0.25, 0.3) is 27.9 Å². The highest BCUT2D eigenvalue weighted by Crippen LogP contribution is 2.29. The summed E-state index contributed by atoms with van der Waals surface area (Å²) in [4.78, 5) is 19.1. The van der Waals surface area contributed by atoms with Gasteiger partial charge < -0.3 is 24.7 Å². The van der Waals surface area contributed by atoms with E-state index < -0.39 is 0 Å². The van der Waals surface area contributed by atoms with Gasteiger partial charge in [0.15, 0.2) is 0 Å². The van der Waals surface area contributed by atoms with Gasteiger partial charge in [-0.05, 0) is 48.2 Å². The molecule has 2 fully saturated rings. The molecule has 2 aliphatic heterocycles. The molecule has 3 aromatic rings. The Morgan fingerprint density at radius 2 is 1.83 bits per heavy atom. The van der Waals surface area contributed by atoms with Gasteiger partial charge in [-0.1, -0.05) is 24.3 Å². The van der Waals surface area contributed by atoms with Crippen LogP contribution in [0.2, 0.25) is 0 Å². The number of nitrogens with zero attached hydrogens (tertiary/aromatic N) is 3. The highest BCUT2D eigenvalue weighted by molar-refractivity contribution is 6.07. The van der Waals surface area contributed by atoms with Crippen molar-refractivity contribution in [2.75, 3.05) is 33.4 Å². The second-order valence-corrected chi connectivity index (χ2v) is 9.16. The summed E-state index contributed by atoms with van der Waals surface area (Å²) in [7, 11) is 1.67. The van der Waals surface area contributed by atoms with E-state index in [-0.39, 0.29) is 11.9 Å². The van der Waals surface area contributed by atoms with Crippen LogP contribution in [0.1, 0.15) is 26.2 Å². The van der Waals surface area contributed by atoms with E-state index in [9.17, 15) is 4.79 Å². The zero-order valence-electron chi connectivity index (χ0n) is 20.4. The van der Waals surface area contributed by atoms with Crippen LogP contribution in [0, 0.1) is 0 Å². The van der Waals surface area contributed by atoms with Crippen molar-refractivity contribution in [3.63, 3.8) is 0 Å². The van der Waals surface area contributed by atoms with E-state index in [1.54, 1.807) is 14.0 Å². The number of amides is 1. The number of rotatable bonds is 4. The van der Waals surface area contributed by atoms with Gasteiger partial charge in [0.1, 0.15) is 11.6 Å². The van der Waals surface area contributed by atoms with E-state index in [0.29, 0.717) is 25.3 Å². The van der Waals surface area contributed by atoms with Crippen molar-refractivity contribution >= 4 is 28.3 Å². The lowest BCUT2D eigenvalue weighted by atomic mass is 10.00. The molecule has 0 bridgehead atoms. The largest absolute Gasteiger partial charge is 0.497 e. The monoisotopic (exact) mass is 472 g/mol. The topological polar surface area (TPSA) is 82.1 Å². The number of hydrogen-bond acceptors (Lipinski definition) is 5. The van der Waals surface area contributed by atoms with Crippen LogP contribution in [0.15, 0.2) is 65.3 Å². The Kier molecular flexibility index (Phi) is 6.59. The van der Waals surface area contributed by atoms with Crippen molar-refractivity contribution in [2.45, 2.75) is 32.2 Å². The number of carbonyl (C=O) groups excluding carboxylic acids is 1. The maximum absolute atomic E-state index is 12.2. The zero-order chi connectivity index (χ0) is 24.4. The molecular weight excluding hydrogens is 440 g/mol. The summed E-state index contributed by atoms with van der Waals surface area (Å²) in [5.74, 6) is 1.51. The fourth-order valence-corrected chi connectivity index (χ4v) is 4.87. The van der Waals surface area contributed by atoms with E-state index in [0.717, 1.165) is 65.1 Å². The minimum absolute atomic E-state index is 0.0552. The Morgan fingerprint density at radius 1 is 1.09 bits per heavy atom. The third-order valence-corrected chi connectivity index (χ3v) is 6.98. The zero-order valence-corrected chi connectivity index (χ0v) is 20.4. The number of carbonyl (C=O) groups is 1. The molecule has 2 aliphatic rings. The Bertz CT molecular complexity index is 1280. The van der Waals surface area contributed by atoms with E-state index in [2.05, 4.69) is 36.4 Å². The van der Waals surface area contributed by atoms with Crippen molar-refractivity contribution in [1.82, 2.24) is 9.47 Å². The summed E-state index contributed by atoms with van der Waals surface area (Å²) in [6.07, 6.45) is 4.56. The smallest absolute Gasteiger partial charge is 0.219 e. The predicted octanol–water partition coefficient (Wildman–Crippen LogP) is 4.32. The Balaban J connectivity index is 1.56. The fourth-order valence-electron chi connectivity index (χ4n) is 4.87. The van der Waals surface area contributed by atoms with Crippen LogP contribution in [0.4, 0.5) is 0 Å². The van der Waals surface area contributed by atoms with Crippen molar-refractivity contribution in [1.29, 1.82) is 0 Å². The second kappa shape index (κ2) is 9.96. The van der Waals surface area contributed by atoms with Gasteiger partial charge in [-0.3, -0.25) is 9.79 Å². The summed E-state index contributed by atoms with van der Waals surface area (Å²) < 4.78 is 12.8. The van der Waals surface area contributed by atoms with Crippen LogP contribution in [0.5, 0.6) is 5.75 Å². The van der Waals surface area contributed by atoms with E-state index in [1.165, 1.54) is 0 Å². The van der Waals surface area contributed by atoms with Gasteiger partial charge in [0.05, 0.1) is 25.2 Å². The molecule has 7 nitrogen and oxygen atoms in total. The van der Waals surface area contributed by atoms with Crippen LogP contribution < -0.4 is 10.5 Å². The number of benzene rings is 2.